The third-order valence-electron chi connectivity index (χ3n) is 1.89. The fourth-order valence-electron chi connectivity index (χ4n) is 1.25. The molecule has 0 saturated heterocycles. The molecular weight excluding hydrogens is 212 g/mol. The molecule has 0 saturated carbocycles. The Morgan fingerprint density at radius 2 is 2.07 bits per heavy atom. The van der Waals surface area contributed by atoms with Gasteiger partial charge in [-0.25, -0.2) is 0 Å². The van der Waals surface area contributed by atoms with Gasteiger partial charge in [-0.3, -0.25) is 4.79 Å². The molecule has 0 aliphatic rings. The highest BCUT2D eigenvalue weighted by Gasteiger charge is 2.05. The monoisotopic (exact) mass is 220 g/mol. The fraction of sp³-hybridized carbons (Fsp3) is 0. The van der Waals surface area contributed by atoms with Crippen LogP contribution in [0.4, 0.5) is 0 Å². The fourth-order valence-corrected chi connectivity index (χ4v) is 1.51. The van der Waals surface area contributed by atoms with Gasteiger partial charge in [0.15, 0.2) is 0 Å². The lowest BCUT2D eigenvalue weighted by Gasteiger charge is -2.03. The normalized spacial score (nSPS) is 10.2. The number of benzene rings is 1. The largest absolute Gasteiger partial charge is 0.493 e. The zero-order valence-electron chi connectivity index (χ0n) is 7.64. The first-order chi connectivity index (χ1) is 7.16. The van der Waals surface area contributed by atoms with Crippen LogP contribution in [0.25, 0.3) is 11.4 Å². The van der Waals surface area contributed by atoms with E-state index in [2.05, 4.69) is 22.6 Å². The predicted molar refractivity (Wildman–Crippen MR) is 59.2 cm³/mol. The second kappa shape index (κ2) is 3.78. The molecule has 0 bridgehead atoms. The van der Waals surface area contributed by atoms with Crippen LogP contribution in [0.15, 0.2) is 40.0 Å². The van der Waals surface area contributed by atoms with Crippen molar-refractivity contribution in [3.63, 3.8) is 0 Å². The molecule has 2 rings (SSSR count). The number of aromatic amines is 1. The smallest absolute Gasteiger partial charge is 0.254 e. The van der Waals surface area contributed by atoms with Gasteiger partial charge < -0.3 is 10.1 Å². The Morgan fingerprint density at radius 1 is 1.33 bits per heavy atom. The molecule has 0 spiro atoms. The van der Waals surface area contributed by atoms with Crippen LogP contribution in [0.2, 0.25) is 0 Å². The zero-order chi connectivity index (χ0) is 10.8. The number of rotatable bonds is 1. The van der Waals surface area contributed by atoms with Crippen molar-refractivity contribution in [1.82, 2.24) is 9.97 Å². The van der Waals surface area contributed by atoms with Crippen molar-refractivity contribution < 1.29 is 5.11 Å². The first-order valence-corrected chi connectivity index (χ1v) is 4.70. The lowest BCUT2D eigenvalue weighted by atomic mass is 10.2. The van der Waals surface area contributed by atoms with Crippen LogP contribution in [0, 0.1) is 0 Å². The van der Waals surface area contributed by atoms with E-state index in [9.17, 15) is 9.90 Å². The summed E-state index contributed by atoms with van der Waals surface area (Å²) >= 11 is 4.23. The molecule has 1 aromatic carbocycles. The minimum absolute atomic E-state index is 0.301. The number of hydrogen-bond acceptors (Lipinski definition) is 4. The van der Waals surface area contributed by atoms with E-state index in [1.54, 1.807) is 18.2 Å². The van der Waals surface area contributed by atoms with Crippen molar-refractivity contribution in [2.45, 2.75) is 4.90 Å². The first kappa shape index (κ1) is 9.79. The van der Waals surface area contributed by atoms with E-state index >= 15 is 0 Å². The van der Waals surface area contributed by atoms with Gasteiger partial charge in [-0.15, -0.1) is 12.6 Å². The molecule has 0 unspecified atom stereocenters. The summed E-state index contributed by atoms with van der Waals surface area (Å²) in [6.45, 7) is 0. The van der Waals surface area contributed by atoms with Gasteiger partial charge in [-0.05, 0) is 6.07 Å². The molecule has 1 heterocycles. The van der Waals surface area contributed by atoms with E-state index in [0.29, 0.717) is 16.3 Å². The van der Waals surface area contributed by atoms with E-state index in [0.717, 1.165) is 6.07 Å². The molecule has 76 valence electrons. The number of hydrogen-bond donors (Lipinski definition) is 3. The van der Waals surface area contributed by atoms with E-state index in [1.807, 2.05) is 6.07 Å². The summed E-state index contributed by atoms with van der Waals surface area (Å²) in [5.41, 5.74) is 0.280. The van der Waals surface area contributed by atoms with Crippen molar-refractivity contribution in [1.29, 1.82) is 0 Å². The summed E-state index contributed by atoms with van der Waals surface area (Å²) < 4.78 is 0. The lowest BCUT2D eigenvalue weighted by molar-refractivity contribution is 0.452. The topological polar surface area (TPSA) is 66.0 Å². The SMILES string of the molecule is O=c1cc(O)nc(-c2ccccc2S)[nH]1. The number of aromatic nitrogens is 2. The molecule has 0 atom stereocenters. The van der Waals surface area contributed by atoms with Crippen LogP contribution in [-0.4, -0.2) is 15.1 Å². The van der Waals surface area contributed by atoms with Crippen molar-refractivity contribution in [2.75, 3.05) is 0 Å². The summed E-state index contributed by atoms with van der Waals surface area (Å²) in [7, 11) is 0. The standard InChI is InChI=1S/C10H8N2O2S/c13-8-5-9(14)12-10(11-8)6-3-1-2-4-7(6)15/h1-5,15H,(H2,11,12,13,14). The maximum Gasteiger partial charge on any atom is 0.254 e. The minimum atomic E-state index is -0.394. The summed E-state index contributed by atoms with van der Waals surface area (Å²) in [5.74, 6) is 0.0101. The second-order valence-corrected chi connectivity index (χ2v) is 3.45. The number of nitrogens with zero attached hydrogens (tertiary/aromatic N) is 1. The number of thiol groups is 1. The third-order valence-corrected chi connectivity index (χ3v) is 2.28. The highest BCUT2D eigenvalue weighted by Crippen LogP contribution is 2.22. The molecule has 1 aromatic heterocycles. The van der Waals surface area contributed by atoms with Gasteiger partial charge in [0.05, 0.1) is 6.07 Å². The third kappa shape index (κ3) is 2.02. The van der Waals surface area contributed by atoms with Gasteiger partial charge in [0, 0.05) is 10.5 Å². The predicted octanol–water partition coefficient (Wildman–Crippen LogP) is 1.43. The summed E-state index contributed by atoms with van der Waals surface area (Å²) in [6.07, 6.45) is 0. The van der Waals surface area contributed by atoms with E-state index < -0.39 is 5.56 Å². The number of nitrogens with one attached hydrogen (secondary N) is 1. The Labute approximate surface area is 91.0 Å². The zero-order valence-corrected chi connectivity index (χ0v) is 8.53. The summed E-state index contributed by atoms with van der Waals surface area (Å²) in [5, 5.41) is 9.19. The second-order valence-electron chi connectivity index (χ2n) is 2.97. The molecule has 0 aliphatic carbocycles. The van der Waals surface area contributed by atoms with Gasteiger partial charge in [-0.1, -0.05) is 18.2 Å². The Hall–Kier alpha value is -1.75. The maximum atomic E-state index is 11.1. The van der Waals surface area contributed by atoms with Crippen molar-refractivity contribution in [3.8, 4) is 17.3 Å². The van der Waals surface area contributed by atoms with Crippen molar-refractivity contribution >= 4 is 12.6 Å². The van der Waals surface area contributed by atoms with E-state index in [1.165, 1.54) is 0 Å². The first-order valence-electron chi connectivity index (χ1n) is 4.25. The summed E-state index contributed by atoms with van der Waals surface area (Å²) in [6, 6.07) is 8.19. The van der Waals surface area contributed by atoms with E-state index in [4.69, 9.17) is 0 Å². The number of H-pyrrole nitrogens is 1. The molecular formula is C10H8N2O2S. The van der Waals surface area contributed by atoms with Gasteiger partial charge in [0.1, 0.15) is 5.82 Å². The van der Waals surface area contributed by atoms with Crippen molar-refractivity contribution in [2.24, 2.45) is 0 Å². The molecule has 2 aromatic rings. The molecule has 5 heteroatoms. The van der Waals surface area contributed by atoms with Crippen molar-refractivity contribution in [3.05, 3.63) is 40.7 Å². The highest BCUT2D eigenvalue weighted by molar-refractivity contribution is 7.80. The molecule has 0 radical (unpaired) electrons. The van der Waals surface area contributed by atoms with Gasteiger partial charge in [-0.2, -0.15) is 4.98 Å². The Bertz CT molecular complexity index is 551. The molecule has 2 N–H and O–H groups in total. The lowest BCUT2D eigenvalue weighted by Crippen LogP contribution is -2.06. The average Bonchev–Trinajstić information content (AvgIpc) is 2.16. The molecule has 0 aliphatic heterocycles. The van der Waals surface area contributed by atoms with Crippen LogP contribution in [-0.2, 0) is 0 Å². The highest BCUT2D eigenvalue weighted by atomic mass is 32.1. The van der Waals surface area contributed by atoms with Gasteiger partial charge in [0.25, 0.3) is 5.56 Å². The molecule has 0 amide bonds. The Kier molecular flexibility index (Phi) is 2.47. The average molecular weight is 220 g/mol. The number of aromatic hydroxyl groups is 1. The molecule has 0 fully saturated rings. The molecule has 15 heavy (non-hydrogen) atoms. The van der Waals surface area contributed by atoms with Crippen LogP contribution >= 0.6 is 12.6 Å². The van der Waals surface area contributed by atoms with E-state index in [-0.39, 0.29) is 5.88 Å². The van der Waals surface area contributed by atoms with Crippen LogP contribution in [0.3, 0.4) is 0 Å². The Morgan fingerprint density at radius 3 is 2.73 bits per heavy atom. The maximum absolute atomic E-state index is 11.1. The van der Waals surface area contributed by atoms with Crippen LogP contribution in [0.1, 0.15) is 0 Å². The van der Waals surface area contributed by atoms with Gasteiger partial charge in [0.2, 0.25) is 5.88 Å². The summed E-state index contributed by atoms with van der Waals surface area (Å²) in [4.78, 5) is 18.1. The quantitative estimate of drug-likeness (QED) is 0.637. The minimum Gasteiger partial charge on any atom is -0.493 e. The molecule has 4 nitrogen and oxygen atoms in total. The van der Waals surface area contributed by atoms with Gasteiger partial charge >= 0.3 is 0 Å². The Balaban J connectivity index is 2.64. The van der Waals surface area contributed by atoms with Crippen LogP contribution < -0.4 is 5.56 Å². The van der Waals surface area contributed by atoms with Crippen LogP contribution in [0.5, 0.6) is 5.88 Å².